The van der Waals surface area contributed by atoms with Crippen LogP contribution in [0.15, 0.2) is 62.8 Å². The molecule has 0 spiro atoms. The molecule has 28 heavy (non-hydrogen) atoms. The molecule has 0 saturated heterocycles. The maximum Gasteiger partial charge on any atom is 0.345 e. The van der Waals surface area contributed by atoms with Crippen molar-refractivity contribution in [2.45, 2.75) is 12.5 Å². The smallest absolute Gasteiger partial charge is 0.345 e. The van der Waals surface area contributed by atoms with Gasteiger partial charge in [0.2, 0.25) is 6.79 Å². The van der Waals surface area contributed by atoms with Crippen molar-refractivity contribution in [2.75, 3.05) is 6.79 Å². The van der Waals surface area contributed by atoms with Crippen molar-refractivity contribution in [3.63, 3.8) is 0 Å². The number of hydrogen-bond donors (Lipinski definition) is 2. The van der Waals surface area contributed by atoms with Gasteiger partial charge in [0.1, 0.15) is 5.58 Å². The summed E-state index contributed by atoms with van der Waals surface area (Å²) in [5.74, 6) is 1.28. The first-order chi connectivity index (χ1) is 13.7. The van der Waals surface area contributed by atoms with E-state index < -0.39 is 17.7 Å². The molecule has 3 aromatic rings. The number of hydrazone groups is 1. The summed E-state index contributed by atoms with van der Waals surface area (Å²) in [6.07, 6.45) is 0.307. The van der Waals surface area contributed by atoms with Crippen molar-refractivity contribution in [2.24, 2.45) is 5.10 Å². The van der Waals surface area contributed by atoms with E-state index in [2.05, 4.69) is 15.8 Å². The average molecular weight is 377 g/mol. The van der Waals surface area contributed by atoms with Crippen molar-refractivity contribution in [1.82, 2.24) is 10.7 Å². The molecule has 3 heterocycles. The monoisotopic (exact) mass is 377 g/mol. The lowest BCUT2D eigenvalue weighted by Crippen LogP contribution is -2.33. The van der Waals surface area contributed by atoms with Crippen LogP contribution in [-0.4, -0.2) is 18.5 Å². The highest BCUT2D eigenvalue weighted by atomic mass is 16.7. The molecule has 0 radical (unpaired) electrons. The molecule has 0 aliphatic carbocycles. The highest BCUT2D eigenvalue weighted by Crippen LogP contribution is 2.35. The minimum atomic E-state index is -0.502. The topological polar surface area (TPSA) is 102 Å². The zero-order valence-corrected chi connectivity index (χ0v) is 14.6. The predicted octanol–water partition coefficient (Wildman–Crippen LogP) is 2.67. The molecule has 8 heteroatoms. The van der Waals surface area contributed by atoms with E-state index in [0.29, 0.717) is 34.8 Å². The number of rotatable bonds is 2. The van der Waals surface area contributed by atoms with Crippen LogP contribution >= 0.6 is 0 Å². The quantitative estimate of drug-likeness (QED) is 0.669. The first kappa shape index (κ1) is 16.4. The Hall–Kier alpha value is -3.81. The third-order valence-corrected chi connectivity index (χ3v) is 4.75. The molecule has 8 nitrogen and oxygen atoms in total. The Morgan fingerprint density at radius 3 is 2.79 bits per heavy atom. The molecule has 2 aliphatic heterocycles. The molecule has 0 saturated carbocycles. The zero-order valence-electron chi connectivity index (χ0n) is 14.6. The van der Waals surface area contributed by atoms with Crippen LogP contribution in [0.2, 0.25) is 0 Å². The third-order valence-electron chi connectivity index (χ3n) is 4.75. The molecule has 2 aliphatic rings. The second-order valence-corrected chi connectivity index (χ2v) is 6.50. The van der Waals surface area contributed by atoms with E-state index in [4.69, 9.17) is 13.9 Å². The normalized spacial score (nSPS) is 18.2. The van der Waals surface area contributed by atoms with E-state index in [1.165, 1.54) is 0 Å². The van der Waals surface area contributed by atoms with Crippen molar-refractivity contribution in [3.8, 4) is 11.5 Å². The van der Waals surface area contributed by atoms with Gasteiger partial charge < -0.3 is 19.2 Å². The molecule has 1 aromatic heterocycles. The Balaban J connectivity index is 1.54. The maximum atomic E-state index is 12.5. The van der Waals surface area contributed by atoms with Crippen molar-refractivity contribution >= 4 is 22.7 Å². The molecule has 2 N–H and O–H groups in total. The highest BCUT2D eigenvalue weighted by molar-refractivity contribution is 6.03. The van der Waals surface area contributed by atoms with Gasteiger partial charge in [-0.2, -0.15) is 5.10 Å². The summed E-state index contributed by atoms with van der Waals surface area (Å²) in [6, 6.07) is 13.6. The van der Waals surface area contributed by atoms with E-state index in [9.17, 15) is 9.59 Å². The van der Waals surface area contributed by atoms with Crippen LogP contribution in [-0.2, 0) is 0 Å². The minimum Gasteiger partial charge on any atom is -0.454 e. The SMILES string of the molecule is O=C1NN=C(c2cc3ccccc3oc2=O)C[C@@H](c2ccc3c(c2)OCO3)N1. The lowest BCUT2D eigenvalue weighted by Gasteiger charge is -2.17. The van der Waals surface area contributed by atoms with Gasteiger partial charge in [0.15, 0.2) is 11.5 Å². The number of amides is 2. The third kappa shape index (κ3) is 2.84. The second-order valence-electron chi connectivity index (χ2n) is 6.50. The van der Waals surface area contributed by atoms with Crippen LogP contribution in [0.4, 0.5) is 4.79 Å². The Labute approximate surface area is 158 Å². The molecule has 0 fully saturated rings. The van der Waals surface area contributed by atoms with Crippen molar-refractivity contribution < 1.29 is 18.7 Å². The first-order valence-electron chi connectivity index (χ1n) is 8.73. The molecule has 140 valence electrons. The van der Waals surface area contributed by atoms with Crippen LogP contribution in [0.3, 0.4) is 0 Å². The molecule has 5 rings (SSSR count). The van der Waals surface area contributed by atoms with Gasteiger partial charge in [-0.3, -0.25) is 0 Å². The summed E-state index contributed by atoms with van der Waals surface area (Å²) in [6.45, 7) is 0.169. The van der Waals surface area contributed by atoms with E-state index in [1.54, 1.807) is 24.3 Å². The van der Waals surface area contributed by atoms with Gasteiger partial charge in [-0.1, -0.05) is 24.3 Å². The average Bonchev–Trinajstić information content (AvgIpc) is 3.09. The summed E-state index contributed by atoms with van der Waals surface area (Å²) in [5, 5.41) is 7.76. The number of hydrogen-bond acceptors (Lipinski definition) is 6. The van der Waals surface area contributed by atoms with Crippen molar-refractivity contribution in [1.29, 1.82) is 0 Å². The Morgan fingerprint density at radius 1 is 1.00 bits per heavy atom. The fraction of sp³-hybridized carbons (Fsp3) is 0.150. The number of para-hydroxylation sites is 1. The standard InChI is InChI=1S/C20H15N3O5/c24-19-13(7-12-3-1-2-4-16(12)28-19)15-9-14(21-20(25)23-22-15)11-5-6-17-18(8-11)27-10-26-17/h1-8,14H,9-10H2,(H2,21,23,25)/t14-/m0/s1. The summed E-state index contributed by atoms with van der Waals surface area (Å²) < 4.78 is 16.2. The molecular formula is C20H15N3O5. The van der Waals surface area contributed by atoms with Gasteiger partial charge in [-0.15, -0.1) is 0 Å². The largest absolute Gasteiger partial charge is 0.454 e. The van der Waals surface area contributed by atoms with Gasteiger partial charge in [0.05, 0.1) is 17.3 Å². The van der Waals surface area contributed by atoms with Gasteiger partial charge in [0.25, 0.3) is 0 Å². The highest BCUT2D eigenvalue weighted by Gasteiger charge is 2.25. The number of fused-ring (bicyclic) bond motifs is 2. The van der Waals surface area contributed by atoms with E-state index in [1.807, 2.05) is 24.3 Å². The number of urea groups is 1. The Bertz CT molecular complexity index is 1180. The number of carbonyl (C=O) groups excluding carboxylic acids is 1. The molecule has 1 atom stereocenters. The Morgan fingerprint density at radius 2 is 1.86 bits per heavy atom. The fourth-order valence-electron chi connectivity index (χ4n) is 3.36. The van der Waals surface area contributed by atoms with Crippen molar-refractivity contribution in [3.05, 3.63) is 70.1 Å². The number of carbonyl (C=O) groups is 1. The van der Waals surface area contributed by atoms with Crippen LogP contribution < -0.4 is 25.8 Å². The first-order valence-corrected chi connectivity index (χ1v) is 8.73. The summed E-state index contributed by atoms with van der Waals surface area (Å²) in [5.41, 5.74) is 3.98. The predicted molar refractivity (Wildman–Crippen MR) is 101 cm³/mol. The zero-order chi connectivity index (χ0) is 19.1. The summed E-state index contributed by atoms with van der Waals surface area (Å²) in [4.78, 5) is 24.6. The van der Waals surface area contributed by atoms with Crippen LogP contribution in [0.5, 0.6) is 11.5 Å². The van der Waals surface area contributed by atoms with Crippen LogP contribution in [0.25, 0.3) is 11.0 Å². The molecular weight excluding hydrogens is 362 g/mol. The van der Waals surface area contributed by atoms with Crippen LogP contribution in [0, 0.1) is 0 Å². The number of nitrogens with zero attached hydrogens (tertiary/aromatic N) is 1. The molecule has 2 aromatic carbocycles. The number of ether oxygens (including phenoxy) is 2. The molecule has 0 bridgehead atoms. The van der Waals surface area contributed by atoms with Gasteiger partial charge in [0, 0.05) is 11.8 Å². The lowest BCUT2D eigenvalue weighted by atomic mass is 9.97. The second kappa shape index (κ2) is 6.41. The van der Waals surface area contributed by atoms with Gasteiger partial charge >= 0.3 is 11.7 Å². The Kier molecular flexibility index (Phi) is 3.75. The summed E-state index contributed by atoms with van der Waals surface area (Å²) >= 11 is 0. The van der Waals surface area contributed by atoms with E-state index >= 15 is 0 Å². The summed E-state index contributed by atoms with van der Waals surface area (Å²) in [7, 11) is 0. The fourth-order valence-corrected chi connectivity index (χ4v) is 3.36. The number of nitrogens with one attached hydrogen (secondary N) is 2. The maximum absolute atomic E-state index is 12.5. The van der Waals surface area contributed by atoms with E-state index in [-0.39, 0.29) is 6.79 Å². The van der Waals surface area contributed by atoms with Gasteiger partial charge in [-0.25, -0.2) is 15.0 Å². The molecule has 0 unspecified atom stereocenters. The minimum absolute atomic E-state index is 0.169. The van der Waals surface area contributed by atoms with Crippen LogP contribution in [0.1, 0.15) is 23.6 Å². The number of benzene rings is 2. The molecule has 2 amide bonds. The van der Waals surface area contributed by atoms with E-state index in [0.717, 1.165) is 10.9 Å². The lowest BCUT2D eigenvalue weighted by molar-refractivity contribution is 0.174. The van der Waals surface area contributed by atoms with Gasteiger partial charge in [-0.05, 0) is 29.8 Å².